The van der Waals surface area contributed by atoms with Crippen molar-refractivity contribution >= 4 is 54.2 Å². The third kappa shape index (κ3) is 3.15. The number of benzene rings is 1. The molecule has 0 aliphatic carbocycles. The smallest absolute Gasteiger partial charge is 0.258 e. The second-order valence-electron chi connectivity index (χ2n) is 3.43. The first-order valence-corrected chi connectivity index (χ1v) is 7.59. The summed E-state index contributed by atoms with van der Waals surface area (Å²) < 4.78 is 1.64. The molecular formula is C11H9Br2N3OS. The molecule has 1 amide bonds. The molecule has 1 aromatic carbocycles. The minimum Gasteiger partial charge on any atom is -0.296 e. The second-order valence-corrected chi connectivity index (χ2v) is 6.26. The Morgan fingerprint density at radius 2 is 2.17 bits per heavy atom. The zero-order valence-electron chi connectivity index (χ0n) is 9.41. The van der Waals surface area contributed by atoms with E-state index in [1.807, 2.05) is 19.1 Å². The van der Waals surface area contributed by atoms with Gasteiger partial charge in [0.15, 0.2) is 0 Å². The molecule has 2 aromatic rings. The lowest BCUT2D eigenvalue weighted by Gasteiger charge is -2.04. The monoisotopic (exact) mass is 389 g/mol. The number of nitrogens with zero attached hydrogens (tertiary/aromatic N) is 2. The zero-order valence-corrected chi connectivity index (χ0v) is 13.4. The lowest BCUT2D eigenvalue weighted by Crippen LogP contribution is -2.12. The van der Waals surface area contributed by atoms with Crippen molar-refractivity contribution in [3.8, 4) is 0 Å². The van der Waals surface area contributed by atoms with Crippen LogP contribution in [0.2, 0.25) is 0 Å². The Hall–Kier alpha value is -0.790. The maximum atomic E-state index is 12.0. The molecule has 0 saturated carbocycles. The number of rotatable bonds is 3. The zero-order chi connectivity index (χ0) is 13.1. The molecule has 7 heteroatoms. The summed E-state index contributed by atoms with van der Waals surface area (Å²) in [6.45, 7) is 2.00. The van der Waals surface area contributed by atoms with E-state index < -0.39 is 0 Å². The SMILES string of the molecule is CCc1nnc(NC(=O)c2ccc(Br)cc2Br)s1. The van der Waals surface area contributed by atoms with Crippen molar-refractivity contribution in [3.05, 3.63) is 37.7 Å². The molecule has 0 unspecified atom stereocenters. The van der Waals surface area contributed by atoms with Gasteiger partial charge < -0.3 is 0 Å². The van der Waals surface area contributed by atoms with Crippen molar-refractivity contribution < 1.29 is 4.79 Å². The Labute approximate surface area is 125 Å². The highest BCUT2D eigenvalue weighted by Crippen LogP contribution is 2.23. The van der Waals surface area contributed by atoms with Gasteiger partial charge in [0, 0.05) is 8.95 Å². The van der Waals surface area contributed by atoms with Crippen LogP contribution in [0.5, 0.6) is 0 Å². The van der Waals surface area contributed by atoms with Gasteiger partial charge in [0.2, 0.25) is 5.13 Å². The van der Waals surface area contributed by atoms with Crippen molar-refractivity contribution in [1.29, 1.82) is 0 Å². The maximum Gasteiger partial charge on any atom is 0.258 e. The van der Waals surface area contributed by atoms with E-state index >= 15 is 0 Å². The topological polar surface area (TPSA) is 54.9 Å². The van der Waals surface area contributed by atoms with E-state index in [1.165, 1.54) is 11.3 Å². The van der Waals surface area contributed by atoms with Gasteiger partial charge in [-0.05, 0) is 40.5 Å². The number of anilines is 1. The Balaban J connectivity index is 2.16. The van der Waals surface area contributed by atoms with Gasteiger partial charge in [-0.25, -0.2) is 0 Å². The van der Waals surface area contributed by atoms with E-state index in [1.54, 1.807) is 6.07 Å². The standard InChI is InChI=1S/C11H9Br2N3OS/c1-2-9-15-16-11(18-9)14-10(17)7-4-3-6(12)5-8(7)13/h3-5H,2H2,1H3,(H,14,16,17). The average molecular weight is 391 g/mol. The first-order chi connectivity index (χ1) is 8.60. The highest BCUT2D eigenvalue weighted by molar-refractivity contribution is 9.11. The van der Waals surface area contributed by atoms with E-state index in [2.05, 4.69) is 47.4 Å². The lowest BCUT2D eigenvalue weighted by molar-refractivity contribution is 0.102. The molecule has 18 heavy (non-hydrogen) atoms. The fraction of sp³-hybridized carbons (Fsp3) is 0.182. The number of halogens is 2. The Kier molecular flexibility index (Phi) is 4.47. The summed E-state index contributed by atoms with van der Waals surface area (Å²) >= 11 is 8.09. The molecule has 2 rings (SSSR count). The number of amides is 1. The first kappa shape index (κ1) is 13.6. The Morgan fingerprint density at radius 1 is 1.39 bits per heavy atom. The van der Waals surface area contributed by atoms with Crippen LogP contribution in [0.3, 0.4) is 0 Å². The van der Waals surface area contributed by atoms with Crippen LogP contribution in [0, 0.1) is 0 Å². The normalized spacial score (nSPS) is 10.4. The van der Waals surface area contributed by atoms with Crippen LogP contribution in [0.4, 0.5) is 5.13 Å². The number of hydrogen-bond donors (Lipinski definition) is 1. The highest BCUT2D eigenvalue weighted by atomic mass is 79.9. The molecule has 0 aliphatic heterocycles. The fourth-order valence-electron chi connectivity index (χ4n) is 1.29. The van der Waals surface area contributed by atoms with Crippen LogP contribution >= 0.6 is 43.2 Å². The fourth-order valence-corrected chi connectivity index (χ4v) is 3.19. The van der Waals surface area contributed by atoms with Gasteiger partial charge in [-0.3, -0.25) is 10.1 Å². The third-order valence-corrected chi connectivity index (χ3v) is 4.30. The summed E-state index contributed by atoms with van der Waals surface area (Å²) in [7, 11) is 0. The summed E-state index contributed by atoms with van der Waals surface area (Å²) in [4.78, 5) is 12.0. The largest absolute Gasteiger partial charge is 0.296 e. The Morgan fingerprint density at radius 3 is 2.78 bits per heavy atom. The highest BCUT2D eigenvalue weighted by Gasteiger charge is 2.12. The first-order valence-electron chi connectivity index (χ1n) is 5.19. The molecule has 0 radical (unpaired) electrons. The minimum absolute atomic E-state index is 0.201. The van der Waals surface area contributed by atoms with Gasteiger partial charge in [-0.15, -0.1) is 10.2 Å². The van der Waals surface area contributed by atoms with Gasteiger partial charge in [-0.1, -0.05) is 34.2 Å². The molecule has 4 nitrogen and oxygen atoms in total. The molecule has 1 aromatic heterocycles. The second kappa shape index (κ2) is 5.90. The number of nitrogens with one attached hydrogen (secondary N) is 1. The van der Waals surface area contributed by atoms with Gasteiger partial charge in [-0.2, -0.15) is 0 Å². The molecule has 1 N–H and O–H groups in total. The summed E-state index contributed by atoms with van der Waals surface area (Å²) in [5, 5.41) is 12.0. The van der Waals surface area contributed by atoms with Gasteiger partial charge >= 0.3 is 0 Å². The van der Waals surface area contributed by atoms with Gasteiger partial charge in [0.25, 0.3) is 5.91 Å². The van der Waals surface area contributed by atoms with Crippen molar-refractivity contribution in [2.24, 2.45) is 0 Å². The van der Waals surface area contributed by atoms with Crippen molar-refractivity contribution in [2.45, 2.75) is 13.3 Å². The van der Waals surface area contributed by atoms with Crippen LogP contribution in [-0.2, 0) is 6.42 Å². The van der Waals surface area contributed by atoms with Crippen molar-refractivity contribution in [3.63, 3.8) is 0 Å². The van der Waals surface area contributed by atoms with Crippen molar-refractivity contribution in [1.82, 2.24) is 10.2 Å². The van der Waals surface area contributed by atoms with Crippen LogP contribution in [0.1, 0.15) is 22.3 Å². The van der Waals surface area contributed by atoms with Crippen LogP contribution in [-0.4, -0.2) is 16.1 Å². The number of aromatic nitrogens is 2. The maximum absolute atomic E-state index is 12.0. The summed E-state index contributed by atoms with van der Waals surface area (Å²) in [6, 6.07) is 5.38. The van der Waals surface area contributed by atoms with Gasteiger partial charge in [0.05, 0.1) is 5.56 Å². The van der Waals surface area contributed by atoms with Crippen molar-refractivity contribution in [2.75, 3.05) is 5.32 Å². The number of carbonyl (C=O) groups is 1. The van der Waals surface area contributed by atoms with E-state index in [0.29, 0.717) is 10.7 Å². The molecule has 0 atom stereocenters. The predicted molar refractivity (Wildman–Crippen MR) is 79.1 cm³/mol. The summed E-state index contributed by atoms with van der Waals surface area (Å²) in [5.74, 6) is -0.201. The molecule has 0 bridgehead atoms. The van der Waals surface area contributed by atoms with E-state index in [-0.39, 0.29) is 5.91 Å². The van der Waals surface area contributed by atoms with Gasteiger partial charge in [0.1, 0.15) is 5.01 Å². The predicted octanol–water partition coefficient (Wildman–Crippen LogP) is 3.88. The third-order valence-electron chi connectivity index (χ3n) is 2.17. The lowest BCUT2D eigenvalue weighted by atomic mass is 10.2. The van der Waals surface area contributed by atoms with Crippen LogP contribution < -0.4 is 5.32 Å². The molecule has 0 saturated heterocycles. The van der Waals surface area contributed by atoms with E-state index in [4.69, 9.17) is 0 Å². The Bertz CT molecular complexity index is 585. The number of aryl methyl sites for hydroxylation is 1. The summed E-state index contributed by atoms with van der Waals surface area (Å²) in [6.07, 6.45) is 0.815. The molecule has 0 spiro atoms. The number of hydrogen-bond acceptors (Lipinski definition) is 4. The minimum atomic E-state index is -0.201. The number of carbonyl (C=O) groups excluding carboxylic acids is 1. The molecular weight excluding hydrogens is 382 g/mol. The van der Waals surface area contributed by atoms with E-state index in [9.17, 15) is 4.79 Å². The van der Waals surface area contributed by atoms with Crippen LogP contribution in [0.25, 0.3) is 0 Å². The van der Waals surface area contributed by atoms with Crippen LogP contribution in [0.15, 0.2) is 27.1 Å². The molecule has 0 fully saturated rings. The van der Waals surface area contributed by atoms with E-state index in [0.717, 1.165) is 20.4 Å². The molecule has 0 aliphatic rings. The molecule has 94 valence electrons. The summed E-state index contributed by atoms with van der Waals surface area (Å²) in [5.41, 5.74) is 0.562. The average Bonchev–Trinajstić information content (AvgIpc) is 2.76. The quantitative estimate of drug-likeness (QED) is 0.865. The molecule has 1 heterocycles.